The quantitative estimate of drug-likeness (QED) is 0.655. The minimum absolute atomic E-state index is 0.220. The fourth-order valence-electron chi connectivity index (χ4n) is 2.47. The summed E-state index contributed by atoms with van der Waals surface area (Å²) in [5.41, 5.74) is -0.586. The molecule has 0 unspecified atom stereocenters. The zero-order chi connectivity index (χ0) is 21.2. The summed E-state index contributed by atoms with van der Waals surface area (Å²) in [6, 6.07) is 4.46. The average molecular weight is 411 g/mol. The number of carbonyl (C=O) groups is 1. The number of benzene rings is 1. The molecule has 1 aromatic carbocycles. The van der Waals surface area contributed by atoms with Crippen LogP contribution in [0.2, 0.25) is 0 Å². The Labute approximate surface area is 159 Å². The van der Waals surface area contributed by atoms with Gasteiger partial charge in [0.1, 0.15) is 23.2 Å². The van der Waals surface area contributed by atoms with Crippen molar-refractivity contribution in [2.45, 2.75) is 57.6 Å². The molecular formula is C18H22F5NO4. The van der Waals surface area contributed by atoms with E-state index in [4.69, 9.17) is 9.47 Å². The van der Waals surface area contributed by atoms with E-state index in [1.54, 1.807) is 25.7 Å². The van der Waals surface area contributed by atoms with Gasteiger partial charge in [-0.3, -0.25) is 0 Å². The summed E-state index contributed by atoms with van der Waals surface area (Å²) in [6.07, 6.45) is -10.6. The summed E-state index contributed by atoms with van der Waals surface area (Å²) < 4.78 is 76.9. The number of hydrogen-bond acceptors (Lipinski definition) is 4. The standard InChI is InChI=1S/C18H22F5NO4/c1-16(2,3)28-15(25)24-10-8-13(9-11-24)26-12-4-6-14(7-5-12)27-18(22,23)17(19,20)21/h4-7,13H,8-11H2,1-3H3. The number of carbonyl (C=O) groups excluding carboxylic acids is 1. The van der Waals surface area contributed by atoms with Gasteiger partial charge in [-0.25, -0.2) is 4.79 Å². The highest BCUT2D eigenvalue weighted by atomic mass is 19.4. The van der Waals surface area contributed by atoms with Crippen LogP contribution in [0.15, 0.2) is 24.3 Å². The molecule has 0 aliphatic carbocycles. The highest BCUT2D eigenvalue weighted by Crippen LogP contribution is 2.37. The Morgan fingerprint density at radius 1 is 0.964 bits per heavy atom. The largest absolute Gasteiger partial charge is 0.499 e. The molecule has 0 N–H and O–H groups in total. The van der Waals surface area contributed by atoms with Gasteiger partial charge in [0, 0.05) is 25.9 Å². The molecule has 1 aliphatic rings. The van der Waals surface area contributed by atoms with E-state index in [1.807, 2.05) is 0 Å². The lowest BCUT2D eigenvalue weighted by molar-refractivity contribution is -0.360. The molecule has 0 aromatic heterocycles. The molecule has 2 rings (SSSR count). The summed E-state index contributed by atoms with van der Waals surface area (Å²) in [5, 5.41) is 0. The number of halogens is 5. The molecule has 0 bridgehead atoms. The van der Waals surface area contributed by atoms with E-state index >= 15 is 0 Å². The molecule has 1 saturated heterocycles. The maximum absolute atomic E-state index is 12.9. The normalized spacial score (nSPS) is 16.6. The lowest BCUT2D eigenvalue weighted by atomic mass is 10.1. The van der Waals surface area contributed by atoms with Crippen molar-refractivity contribution in [1.29, 1.82) is 0 Å². The van der Waals surface area contributed by atoms with Crippen LogP contribution < -0.4 is 9.47 Å². The van der Waals surface area contributed by atoms with Crippen molar-refractivity contribution in [3.8, 4) is 11.5 Å². The van der Waals surface area contributed by atoms with Crippen LogP contribution in [0.25, 0.3) is 0 Å². The number of amides is 1. The SMILES string of the molecule is CC(C)(C)OC(=O)N1CCC(Oc2ccc(OC(F)(F)C(F)(F)F)cc2)CC1. The molecule has 1 aliphatic heterocycles. The molecule has 0 saturated carbocycles. The van der Waals surface area contributed by atoms with Gasteiger partial charge < -0.3 is 19.1 Å². The minimum Gasteiger partial charge on any atom is -0.490 e. The minimum atomic E-state index is -5.80. The second kappa shape index (κ2) is 8.00. The molecule has 158 valence electrons. The molecule has 0 radical (unpaired) electrons. The van der Waals surface area contributed by atoms with Gasteiger partial charge in [0.25, 0.3) is 0 Å². The monoisotopic (exact) mass is 411 g/mol. The first-order valence-electron chi connectivity index (χ1n) is 8.65. The molecule has 28 heavy (non-hydrogen) atoms. The fourth-order valence-corrected chi connectivity index (χ4v) is 2.47. The molecular weight excluding hydrogens is 389 g/mol. The van der Waals surface area contributed by atoms with Crippen molar-refractivity contribution in [2.24, 2.45) is 0 Å². The van der Waals surface area contributed by atoms with Crippen LogP contribution in [-0.4, -0.2) is 48.1 Å². The Bertz CT molecular complexity index is 662. The van der Waals surface area contributed by atoms with Crippen LogP contribution >= 0.6 is 0 Å². The average Bonchev–Trinajstić information content (AvgIpc) is 2.54. The van der Waals surface area contributed by atoms with Crippen molar-refractivity contribution in [3.63, 3.8) is 0 Å². The molecule has 1 amide bonds. The third kappa shape index (κ3) is 6.13. The van der Waals surface area contributed by atoms with Crippen LogP contribution in [0, 0.1) is 0 Å². The van der Waals surface area contributed by atoms with Gasteiger partial charge in [0.2, 0.25) is 0 Å². The Morgan fingerprint density at radius 3 is 1.93 bits per heavy atom. The highest BCUT2D eigenvalue weighted by molar-refractivity contribution is 5.68. The number of hydrogen-bond donors (Lipinski definition) is 0. The summed E-state index contributed by atoms with van der Waals surface area (Å²) in [6.45, 7) is 6.19. The van der Waals surface area contributed by atoms with Gasteiger partial charge in [0.05, 0.1) is 0 Å². The lowest BCUT2D eigenvalue weighted by Gasteiger charge is -2.33. The Balaban J connectivity index is 1.85. The molecule has 1 fully saturated rings. The third-order valence-corrected chi connectivity index (χ3v) is 3.80. The maximum Gasteiger partial charge on any atom is 0.499 e. The van der Waals surface area contributed by atoms with Crippen LogP contribution in [0.1, 0.15) is 33.6 Å². The zero-order valence-corrected chi connectivity index (χ0v) is 15.7. The molecule has 10 heteroatoms. The highest BCUT2D eigenvalue weighted by Gasteiger charge is 2.61. The van der Waals surface area contributed by atoms with Crippen LogP contribution in [0.4, 0.5) is 26.7 Å². The predicted molar refractivity (Wildman–Crippen MR) is 89.5 cm³/mol. The number of piperidine rings is 1. The number of rotatable bonds is 4. The smallest absolute Gasteiger partial charge is 0.490 e. The van der Waals surface area contributed by atoms with Gasteiger partial charge >= 0.3 is 18.4 Å². The van der Waals surface area contributed by atoms with Crippen molar-refractivity contribution in [1.82, 2.24) is 4.90 Å². The van der Waals surface area contributed by atoms with Crippen molar-refractivity contribution in [2.75, 3.05) is 13.1 Å². The first kappa shape index (κ1) is 22.0. The predicted octanol–water partition coefficient (Wildman–Crippen LogP) is 5.00. The van der Waals surface area contributed by atoms with Crippen molar-refractivity contribution >= 4 is 6.09 Å². The maximum atomic E-state index is 12.9. The number of ether oxygens (including phenoxy) is 3. The number of alkyl halides is 5. The van der Waals surface area contributed by atoms with E-state index in [0.29, 0.717) is 31.7 Å². The van der Waals surface area contributed by atoms with Crippen LogP contribution in [0.5, 0.6) is 11.5 Å². The van der Waals surface area contributed by atoms with E-state index in [9.17, 15) is 26.7 Å². The number of nitrogens with zero attached hydrogens (tertiary/aromatic N) is 1. The molecule has 0 atom stereocenters. The van der Waals surface area contributed by atoms with Gasteiger partial charge in [-0.1, -0.05) is 0 Å². The zero-order valence-electron chi connectivity index (χ0n) is 15.7. The van der Waals surface area contributed by atoms with Crippen molar-refractivity contribution < 1.29 is 41.0 Å². The first-order valence-corrected chi connectivity index (χ1v) is 8.65. The Kier molecular flexibility index (Phi) is 6.30. The van der Waals surface area contributed by atoms with Gasteiger partial charge in [0.15, 0.2) is 0 Å². The molecule has 0 spiro atoms. The number of likely N-dealkylation sites (tertiary alicyclic amines) is 1. The van der Waals surface area contributed by atoms with E-state index < -0.39 is 29.7 Å². The van der Waals surface area contributed by atoms with Gasteiger partial charge in [-0.2, -0.15) is 22.0 Å². The second-order valence-electron chi connectivity index (χ2n) is 7.37. The van der Waals surface area contributed by atoms with E-state index in [2.05, 4.69) is 4.74 Å². The summed E-state index contributed by atoms with van der Waals surface area (Å²) in [7, 11) is 0. The summed E-state index contributed by atoms with van der Waals surface area (Å²) >= 11 is 0. The topological polar surface area (TPSA) is 48.0 Å². The Hall–Kier alpha value is -2.26. The van der Waals surface area contributed by atoms with E-state index in [1.165, 1.54) is 12.1 Å². The molecule has 1 heterocycles. The summed E-state index contributed by atoms with van der Waals surface area (Å²) in [5.74, 6) is -0.326. The van der Waals surface area contributed by atoms with Crippen LogP contribution in [-0.2, 0) is 4.74 Å². The summed E-state index contributed by atoms with van der Waals surface area (Å²) in [4.78, 5) is 13.6. The Morgan fingerprint density at radius 2 is 1.46 bits per heavy atom. The molecule has 1 aromatic rings. The van der Waals surface area contributed by atoms with Crippen molar-refractivity contribution in [3.05, 3.63) is 24.3 Å². The third-order valence-electron chi connectivity index (χ3n) is 3.80. The van der Waals surface area contributed by atoms with E-state index in [0.717, 1.165) is 12.1 Å². The lowest BCUT2D eigenvalue weighted by Crippen LogP contribution is -2.44. The fraction of sp³-hybridized carbons (Fsp3) is 0.611. The van der Waals surface area contributed by atoms with Gasteiger partial charge in [-0.05, 0) is 45.0 Å². The molecule has 5 nitrogen and oxygen atoms in total. The second-order valence-corrected chi connectivity index (χ2v) is 7.37. The van der Waals surface area contributed by atoms with E-state index in [-0.39, 0.29) is 6.10 Å². The first-order chi connectivity index (χ1) is 12.8. The van der Waals surface area contributed by atoms with Gasteiger partial charge in [-0.15, -0.1) is 0 Å². The van der Waals surface area contributed by atoms with Crippen LogP contribution in [0.3, 0.4) is 0 Å².